The van der Waals surface area contributed by atoms with Crippen LogP contribution in [0, 0.1) is 0 Å². The van der Waals surface area contributed by atoms with Crippen molar-refractivity contribution in [2.24, 2.45) is 0 Å². The fourth-order valence-electron chi connectivity index (χ4n) is 3.33. The molecule has 168 valence electrons. The van der Waals surface area contributed by atoms with Gasteiger partial charge in [0.2, 0.25) is 0 Å². The van der Waals surface area contributed by atoms with Gasteiger partial charge in [0.25, 0.3) is 11.8 Å². The molecule has 1 aromatic heterocycles. The quantitative estimate of drug-likeness (QED) is 0.390. The average Bonchev–Trinajstić information content (AvgIpc) is 3.28. The Bertz CT molecular complexity index is 1280. The molecular formula is C25H23N3O4S. The summed E-state index contributed by atoms with van der Waals surface area (Å²) in [6.07, 6.45) is 0. The van der Waals surface area contributed by atoms with Crippen LogP contribution < -0.4 is 20.1 Å². The van der Waals surface area contributed by atoms with E-state index in [0.29, 0.717) is 41.6 Å². The third-order valence-corrected chi connectivity index (χ3v) is 5.80. The van der Waals surface area contributed by atoms with E-state index in [9.17, 15) is 9.59 Å². The Labute approximate surface area is 195 Å². The maximum Gasteiger partial charge on any atom is 0.276 e. The summed E-state index contributed by atoms with van der Waals surface area (Å²) in [5.74, 6) is 0.787. The second kappa shape index (κ2) is 10.1. The molecule has 0 spiro atoms. The highest BCUT2D eigenvalue weighted by Crippen LogP contribution is 2.28. The van der Waals surface area contributed by atoms with Crippen LogP contribution in [0.25, 0.3) is 10.1 Å². The standard InChI is InChI=1S/C25H23N3O4S/c1-3-32-20-13-8-16(14-21(20)31-2)15-26-24(29)17-9-11-18(12-10-17)27-25(30)23-19-6-4-5-7-22(19)33-28-23/h4-14H,3,15H2,1-2H3,(H,26,29)(H,27,30). The number of amides is 2. The number of nitrogens with zero attached hydrogens (tertiary/aromatic N) is 1. The molecule has 0 fully saturated rings. The zero-order valence-corrected chi connectivity index (χ0v) is 19.1. The lowest BCUT2D eigenvalue weighted by Crippen LogP contribution is -2.22. The van der Waals surface area contributed by atoms with Gasteiger partial charge in [-0.3, -0.25) is 9.59 Å². The number of methoxy groups -OCH3 is 1. The first kappa shape index (κ1) is 22.3. The van der Waals surface area contributed by atoms with Crippen molar-refractivity contribution < 1.29 is 19.1 Å². The van der Waals surface area contributed by atoms with Gasteiger partial charge in [-0.1, -0.05) is 24.3 Å². The van der Waals surface area contributed by atoms with Crippen molar-refractivity contribution in [1.82, 2.24) is 9.69 Å². The lowest BCUT2D eigenvalue weighted by atomic mass is 10.1. The summed E-state index contributed by atoms with van der Waals surface area (Å²) < 4.78 is 16.1. The maximum atomic E-state index is 12.6. The summed E-state index contributed by atoms with van der Waals surface area (Å²) in [5.41, 5.74) is 2.36. The van der Waals surface area contributed by atoms with Crippen molar-refractivity contribution in [3.63, 3.8) is 0 Å². The number of benzene rings is 3. The van der Waals surface area contributed by atoms with Crippen LogP contribution in [-0.4, -0.2) is 29.9 Å². The Balaban J connectivity index is 1.37. The number of hydrogen-bond donors (Lipinski definition) is 2. The number of anilines is 1. The molecule has 0 unspecified atom stereocenters. The highest BCUT2D eigenvalue weighted by molar-refractivity contribution is 7.13. The normalized spacial score (nSPS) is 10.6. The van der Waals surface area contributed by atoms with E-state index in [-0.39, 0.29) is 11.8 Å². The molecule has 7 nitrogen and oxygen atoms in total. The molecule has 2 N–H and O–H groups in total. The fraction of sp³-hybridized carbons (Fsp3) is 0.160. The number of ether oxygens (including phenoxy) is 2. The molecule has 1 heterocycles. The Hall–Kier alpha value is -3.91. The van der Waals surface area contributed by atoms with Crippen molar-refractivity contribution in [2.75, 3.05) is 19.0 Å². The van der Waals surface area contributed by atoms with Gasteiger partial charge in [0.1, 0.15) is 5.69 Å². The number of carbonyl (C=O) groups excluding carboxylic acids is 2. The van der Waals surface area contributed by atoms with Gasteiger partial charge in [-0.15, -0.1) is 0 Å². The van der Waals surface area contributed by atoms with Crippen molar-refractivity contribution in [2.45, 2.75) is 13.5 Å². The zero-order valence-electron chi connectivity index (χ0n) is 18.3. The van der Waals surface area contributed by atoms with Gasteiger partial charge >= 0.3 is 0 Å². The minimum Gasteiger partial charge on any atom is -0.493 e. The molecule has 0 atom stereocenters. The van der Waals surface area contributed by atoms with Crippen LogP contribution in [0.15, 0.2) is 66.7 Å². The summed E-state index contributed by atoms with van der Waals surface area (Å²) in [5, 5.41) is 6.55. The van der Waals surface area contributed by atoms with E-state index in [0.717, 1.165) is 15.6 Å². The van der Waals surface area contributed by atoms with E-state index in [1.54, 1.807) is 31.4 Å². The van der Waals surface area contributed by atoms with Gasteiger partial charge in [0, 0.05) is 23.2 Å². The molecule has 0 aliphatic carbocycles. The van der Waals surface area contributed by atoms with E-state index in [2.05, 4.69) is 15.0 Å². The molecule has 8 heteroatoms. The van der Waals surface area contributed by atoms with Crippen LogP contribution in [0.3, 0.4) is 0 Å². The van der Waals surface area contributed by atoms with Crippen LogP contribution in [0.5, 0.6) is 11.5 Å². The van der Waals surface area contributed by atoms with Gasteiger partial charge in [-0.2, -0.15) is 4.37 Å². The van der Waals surface area contributed by atoms with Gasteiger partial charge in [-0.25, -0.2) is 0 Å². The molecule has 3 aromatic carbocycles. The number of nitrogens with one attached hydrogen (secondary N) is 2. The Kier molecular flexibility index (Phi) is 6.85. The Morgan fingerprint density at radius 2 is 1.76 bits per heavy atom. The summed E-state index contributed by atoms with van der Waals surface area (Å²) in [4.78, 5) is 25.2. The van der Waals surface area contributed by atoms with Gasteiger partial charge in [-0.05, 0) is 66.5 Å². The molecule has 0 radical (unpaired) electrons. The van der Waals surface area contributed by atoms with Crippen LogP contribution in [0.4, 0.5) is 5.69 Å². The number of carbonyl (C=O) groups is 2. The van der Waals surface area contributed by atoms with Gasteiger partial charge in [0.05, 0.1) is 18.4 Å². The van der Waals surface area contributed by atoms with Gasteiger partial charge in [0.15, 0.2) is 11.5 Å². The molecule has 4 rings (SSSR count). The zero-order chi connectivity index (χ0) is 23.2. The number of aromatic nitrogens is 1. The van der Waals surface area contributed by atoms with Crippen LogP contribution in [-0.2, 0) is 6.54 Å². The lowest BCUT2D eigenvalue weighted by Gasteiger charge is -2.12. The largest absolute Gasteiger partial charge is 0.493 e. The Morgan fingerprint density at radius 1 is 0.970 bits per heavy atom. The maximum absolute atomic E-state index is 12.6. The first-order valence-corrected chi connectivity index (χ1v) is 11.2. The second-order valence-electron chi connectivity index (χ2n) is 7.16. The second-order valence-corrected chi connectivity index (χ2v) is 7.96. The highest BCUT2D eigenvalue weighted by atomic mass is 32.1. The fourth-order valence-corrected chi connectivity index (χ4v) is 4.10. The van der Waals surface area contributed by atoms with Gasteiger partial charge < -0.3 is 20.1 Å². The molecule has 0 saturated heterocycles. The van der Waals surface area contributed by atoms with E-state index in [4.69, 9.17) is 9.47 Å². The predicted octanol–water partition coefficient (Wildman–Crippen LogP) is 4.89. The van der Waals surface area contributed by atoms with Crippen molar-refractivity contribution in [1.29, 1.82) is 0 Å². The molecule has 0 bridgehead atoms. The molecule has 4 aromatic rings. The SMILES string of the molecule is CCOc1ccc(CNC(=O)c2ccc(NC(=O)c3nsc4ccccc34)cc2)cc1OC. The average molecular weight is 462 g/mol. The third kappa shape index (κ3) is 5.12. The summed E-state index contributed by atoms with van der Waals surface area (Å²) in [6, 6.07) is 19.9. The summed E-state index contributed by atoms with van der Waals surface area (Å²) in [6.45, 7) is 2.80. The third-order valence-electron chi connectivity index (χ3n) is 4.98. The van der Waals surface area contributed by atoms with Crippen LogP contribution in [0.2, 0.25) is 0 Å². The molecule has 0 saturated carbocycles. The smallest absolute Gasteiger partial charge is 0.276 e. The first-order valence-electron chi connectivity index (χ1n) is 10.4. The molecule has 2 amide bonds. The molecular weight excluding hydrogens is 438 g/mol. The highest BCUT2D eigenvalue weighted by Gasteiger charge is 2.15. The van der Waals surface area contributed by atoms with E-state index in [1.807, 2.05) is 49.4 Å². The molecule has 0 aliphatic heterocycles. The minimum atomic E-state index is -0.283. The number of hydrogen-bond acceptors (Lipinski definition) is 6. The number of fused-ring (bicyclic) bond motifs is 1. The summed E-state index contributed by atoms with van der Waals surface area (Å²) >= 11 is 1.29. The molecule has 0 aliphatic rings. The van der Waals surface area contributed by atoms with E-state index < -0.39 is 0 Å². The Morgan fingerprint density at radius 3 is 2.52 bits per heavy atom. The minimum absolute atomic E-state index is 0.216. The monoisotopic (exact) mass is 461 g/mol. The number of rotatable bonds is 8. The van der Waals surface area contributed by atoms with Crippen LogP contribution >= 0.6 is 11.5 Å². The molecule has 33 heavy (non-hydrogen) atoms. The van der Waals surface area contributed by atoms with Crippen molar-refractivity contribution >= 4 is 39.1 Å². The van der Waals surface area contributed by atoms with E-state index >= 15 is 0 Å². The van der Waals surface area contributed by atoms with Crippen molar-refractivity contribution in [3.05, 3.63) is 83.6 Å². The van der Waals surface area contributed by atoms with Crippen LogP contribution in [0.1, 0.15) is 33.3 Å². The van der Waals surface area contributed by atoms with Crippen molar-refractivity contribution in [3.8, 4) is 11.5 Å². The summed E-state index contributed by atoms with van der Waals surface area (Å²) in [7, 11) is 1.58. The first-order chi connectivity index (χ1) is 16.1. The van der Waals surface area contributed by atoms with E-state index in [1.165, 1.54) is 11.5 Å². The lowest BCUT2D eigenvalue weighted by molar-refractivity contribution is 0.0950. The topological polar surface area (TPSA) is 89.6 Å². The predicted molar refractivity (Wildman–Crippen MR) is 129 cm³/mol.